The van der Waals surface area contributed by atoms with Gasteiger partial charge < -0.3 is 23.5 Å². The van der Waals surface area contributed by atoms with Crippen molar-refractivity contribution >= 4 is 21.7 Å². The maximum absolute atomic E-state index is 13.1. The van der Waals surface area contributed by atoms with Gasteiger partial charge in [-0.15, -0.1) is 0 Å². The SMILES string of the molecule is COc1ccc(CC(=O)N2CCN(c3ccc(OS(=O)(=O)c4ccc(C)cc4)cc3)C[C@@H]2C)cc1OC. The quantitative estimate of drug-likeness (QED) is 0.411. The first-order valence-corrected chi connectivity index (χ1v) is 13.5. The molecule has 37 heavy (non-hydrogen) atoms. The van der Waals surface area contributed by atoms with E-state index in [0.29, 0.717) is 31.1 Å². The van der Waals surface area contributed by atoms with Crippen molar-refractivity contribution in [1.82, 2.24) is 4.90 Å². The third-order valence-corrected chi connectivity index (χ3v) is 7.73. The first kappa shape index (κ1) is 26.3. The van der Waals surface area contributed by atoms with Gasteiger partial charge in [0, 0.05) is 31.4 Å². The topological polar surface area (TPSA) is 85.4 Å². The van der Waals surface area contributed by atoms with Crippen molar-refractivity contribution in [2.24, 2.45) is 0 Å². The zero-order chi connectivity index (χ0) is 26.6. The van der Waals surface area contributed by atoms with Crippen molar-refractivity contribution in [3.8, 4) is 17.2 Å². The molecule has 1 aliphatic heterocycles. The lowest BCUT2D eigenvalue weighted by molar-refractivity contribution is -0.132. The number of ether oxygens (including phenoxy) is 2. The average Bonchev–Trinajstić information content (AvgIpc) is 2.89. The van der Waals surface area contributed by atoms with Crippen LogP contribution in [-0.2, 0) is 21.3 Å². The summed E-state index contributed by atoms with van der Waals surface area (Å²) in [4.78, 5) is 17.3. The van der Waals surface area contributed by atoms with E-state index in [9.17, 15) is 13.2 Å². The number of hydrogen-bond donors (Lipinski definition) is 0. The minimum atomic E-state index is -3.90. The summed E-state index contributed by atoms with van der Waals surface area (Å²) in [6, 6.07) is 19.1. The van der Waals surface area contributed by atoms with Crippen LogP contribution < -0.4 is 18.6 Å². The Labute approximate surface area is 218 Å². The van der Waals surface area contributed by atoms with E-state index in [-0.39, 0.29) is 29.0 Å². The number of anilines is 1. The number of carbonyl (C=O) groups excluding carboxylic acids is 1. The fourth-order valence-electron chi connectivity index (χ4n) is 4.42. The van der Waals surface area contributed by atoms with Gasteiger partial charge in [-0.2, -0.15) is 8.42 Å². The molecule has 1 atom stereocenters. The zero-order valence-electron chi connectivity index (χ0n) is 21.5. The lowest BCUT2D eigenvalue weighted by Gasteiger charge is -2.41. The molecule has 0 bridgehead atoms. The second-order valence-corrected chi connectivity index (χ2v) is 10.6. The largest absolute Gasteiger partial charge is 0.493 e. The molecule has 9 heteroatoms. The Morgan fingerprint density at radius 1 is 0.919 bits per heavy atom. The van der Waals surface area contributed by atoms with Crippen LogP contribution in [0.15, 0.2) is 71.6 Å². The van der Waals surface area contributed by atoms with Gasteiger partial charge in [0.25, 0.3) is 0 Å². The van der Waals surface area contributed by atoms with Crippen LogP contribution in [0.1, 0.15) is 18.1 Å². The smallest absolute Gasteiger partial charge is 0.339 e. The van der Waals surface area contributed by atoms with Crippen molar-refractivity contribution in [2.75, 3.05) is 38.8 Å². The number of methoxy groups -OCH3 is 2. The molecule has 8 nitrogen and oxygen atoms in total. The van der Waals surface area contributed by atoms with Crippen LogP contribution in [0.5, 0.6) is 17.2 Å². The van der Waals surface area contributed by atoms with Gasteiger partial charge in [0.2, 0.25) is 5.91 Å². The number of nitrogens with zero attached hydrogens (tertiary/aromatic N) is 2. The highest BCUT2D eigenvalue weighted by Gasteiger charge is 2.28. The second kappa shape index (κ2) is 11.1. The highest BCUT2D eigenvalue weighted by atomic mass is 32.2. The van der Waals surface area contributed by atoms with E-state index in [1.165, 1.54) is 12.1 Å². The van der Waals surface area contributed by atoms with Crippen molar-refractivity contribution in [3.05, 3.63) is 77.9 Å². The summed E-state index contributed by atoms with van der Waals surface area (Å²) in [5, 5.41) is 0. The Morgan fingerprint density at radius 2 is 1.59 bits per heavy atom. The first-order chi connectivity index (χ1) is 17.7. The molecule has 4 rings (SSSR count). The molecule has 0 spiro atoms. The summed E-state index contributed by atoms with van der Waals surface area (Å²) < 4.78 is 41.1. The number of hydrogen-bond acceptors (Lipinski definition) is 7. The summed E-state index contributed by atoms with van der Waals surface area (Å²) in [5.74, 6) is 1.54. The van der Waals surface area contributed by atoms with Crippen LogP contribution in [0, 0.1) is 6.92 Å². The van der Waals surface area contributed by atoms with Crippen LogP contribution in [0.2, 0.25) is 0 Å². The van der Waals surface area contributed by atoms with Crippen LogP contribution in [0.3, 0.4) is 0 Å². The Hall–Kier alpha value is -3.72. The minimum absolute atomic E-state index is 0.0132. The highest BCUT2D eigenvalue weighted by Crippen LogP contribution is 2.29. The van der Waals surface area contributed by atoms with E-state index < -0.39 is 10.1 Å². The fraction of sp³-hybridized carbons (Fsp3) is 0.321. The van der Waals surface area contributed by atoms with E-state index in [0.717, 1.165) is 16.8 Å². The second-order valence-electron chi connectivity index (χ2n) is 9.09. The van der Waals surface area contributed by atoms with E-state index >= 15 is 0 Å². The van der Waals surface area contributed by atoms with Crippen molar-refractivity contribution < 1.29 is 26.9 Å². The molecule has 1 aliphatic rings. The van der Waals surface area contributed by atoms with Gasteiger partial charge in [-0.3, -0.25) is 4.79 Å². The van der Waals surface area contributed by atoms with Gasteiger partial charge in [0.1, 0.15) is 10.6 Å². The number of aryl methyl sites for hydroxylation is 1. The van der Waals surface area contributed by atoms with Crippen LogP contribution in [0.25, 0.3) is 0 Å². The Balaban J connectivity index is 1.36. The van der Waals surface area contributed by atoms with E-state index in [1.807, 2.05) is 49.1 Å². The molecule has 0 aromatic heterocycles. The molecular formula is C28H32N2O6S. The molecule has 1 saturated heterocycles. The van der Waals surface area contributed by atoms with Gasteiger partial charge in [0.15, 0.2) is 11.5 Å². The highest BCUT2D eigenvalue weighted by molar-refractivity contribution is 7.87. The van der Waals surface area contributed by atoms with Crippen LogP contribution in [-0.4, -0.2) is 59.1 Å². The molecule has 0 radical (unpaired) electrons. The maximum Gasteiger partial charge on any atom is 0.339 e. The van der Waals surface area contributed by atoms with Gasteiger partial charge in [-0.05, 0) is 67.9 Å². The van der Waals surface area contributed by atoms with Gasteiger partial charge >= 0.3 is 10.1 Å². The Kier molecular flexibility index (Phi) is 7.92. The molecule has 0 N–H and O–H groups in total. The molecule has 3 aromatic rings. The number of piperazine rings is 1. The number of amides is 1. The molecule has 0 aliphatic carbocycles. The lowest BCUT2D eigenvalue weighted by Crippen LogP contribution is -2.54. The number of benzene rings is 3. The Bertz CT molecular complexity index is 1340. The molecule has 0 unspecified atom stereocenters. The molecule has 1 heterocycles. The lowest BCUT2D eigenvalue weighted by atomic mass is 10.1. The first-order valence-electron chi connectivity index (χ1n) is 12.1. The molecule has 0 saturated carbocycles. The third-order valence-electron chi connectivity index (χ3n) is 6.47. The van der Waals surface area contributed by atoms with Crippen molar-refractivity contribution in [1.29, 1.82) is 0 Å². The van der Waals surface area contributed by atoms with Crippen LogP contribution >= 0.6 is 0 Å². The summed E-state index contributed by atoms with van der Waals surface area (Å²) >= 11 is 0. The Morgan fingerprint density at radius 3 is 2.22 bits per heavy atom. The summed E-state index contributed by atoms with van der Waals surface area (Å²) in [5.41, 5.74) is 2.78. The summed E-state index contributed by atoms with van der Waals surface area (Å²) in [6.45, 7) is 5.85. The van der Waals surface area contributed by atoms with E-state index in [4.69, 9.17) is 13.7 Å². The minimum Gasteiger partial charge on any atom is -0.493 e. The standard InChI is InChI=1S/C28H32N2O6S/c1-20-5-12-25(13-6-20)37(32,33)36-24-10-8-23(9-11-24)29-15-16-30(21(2)19-29)28(31)18-22-7-14-26(34-3)27(17-22)35-4/h5-14,17,21H,15-16,18-19H2,1-4H3/t21-/m0/s1. The van der Waals surface area contributed by atoms with Crippen molar-refractivity contribution in [3.63, 3.8) is 0 Å². The third kappa shape index (κ3) is 6.17. The average molecular weight is 525 g/mol. The molecular weight excluding hydrogens is 492 g/mol. The van der Waals surface area contributed by atoms with E-state index in [2.05, 4.69) is 4.90 Å². The number of rotatable bonds is 8. The number of carbonyl (C=O) groups is 1. The van der Waals surface area contributed by atoms with Gasteiger partial charge in [-0.1, -0.05) is 23.8 Å². The predicted molar refractivity (Wildman–Crippen MR) is 142 cm³/mol. The molecule has 3 aromatic carbocycles. The van der Waals surface area contributed by atoms with E-state index in [1.54, 1.807) is 38.5 Å². The molecule has 1 amide bonds. The molecule has 1 fully saturated rings. The summed E-state index contributed by atoms with van der Waals surface area (Å²) in [7, 11) is -0.744. The van der Waals surface area contributed by atoms with Crippen molar-refractivity contribution in [2.45, 2.75) is 31.2 Å². The van der Waals surface area contributed by atoms with Gasteiger partial charge in [-0.25, -0.2) is 0 Å². The fourth-order valence-corrected chi connectivity index (χ4v) is 5.35. The van der Waals surface area contributed by atoms with Crippen LogP contribution in [0.4, 0.5) is 5.69 Å². The van der Waals surface area contributed by atoms with Gasteiger partial charge in [0.05, 0.1) is 20.6 Å². The monoisotopic (exact) mass is 524 g/mol. The predicted octanol–water partition coefficient (Wildman–Crippen LogP) is 4.06. The zero-order valence-corrected chi connectivity index (χ0v) is 22.3. The summed E-state index contributed by atoms with van der Waals surface area (Å²) in [6.07, 6.45) is 0.284. The molecule has 196 valence electrons. The normalized spacial score (nSPS) is 15.8. The maximum atomic E-state index is 13.1.